The normalized spacial score (nSPS) is 12.1. The Morgan fingerprint density at radius 3 is 2.76 bits per heavy atom. The van der Waals surface area contributed by atoms with Crippen molar-refractivity contribution in [1.82, 2.24) is 20.2 Å². The number of nitrogens with zero attached hydrogens (tertiary/aromatic N) is 4. The number of nitrogens with one attached hydrogen (secondary N) is 1. The fraction of sp³-hybridized carbons (Fsp3) is 0.200. The molecule has 0 saturated carbocycles. The SMILES string of the molecule is CC(Sc1nnnn1Cc1cccs1)C(=O)Nc1c(F)cccc1F. The molecule has 1 aromatic carbocycles. The molecule has 2 heterocycles. The minimum Gasteiger partial charge on any atom is -0.320 e. The van der Waals surface area contributed by atoms with Crippen LogP contribution in [0.1, 0.15) is 11.8 Å². The number of hydrogen-bond acceptors (Lipinski definition) is 6. The van der Waals surface area contributed by atoms with E-state index in [0.29, 0.717) is 11.7 Å². The summed E-state index contributed by atoms with van der Waals surface area (Å²) in [6.07, 6.45) is 0. The van der Waals surface area contributed by atoms with Gasteiger partial charge in [-0.15, -0.1) is 16.4 Å². The molecule has 10 heteroatoms. The van der Waals surface area contributed by atoms with E-state index in [4.69, 9.17) is 0 Å². The molecule has 1 N–H and O–H groups in total. The largest absolute Gasteiger partial charge is 0.320 e. The lowest BCUT2D eigenvalue weighted by molar-refractivity contribution is -0.115. The van der Waals surface area contributed by atoms with Gasteiger partial charge in [-0.05, 0) is 40.9 Å². The predicted octanol–water partition coefficient (Wildman–Crippen LogP) is 3.18. The van der Waals surface area contributed by atoms with Gasteiger partial charge in [0.2, 0.25) is 11.1 Å². The third-order valence-electron chi connectivity index (χ3n) is 3.25. The van der Waals surface area contributed by atoms with Gasteiger partial charge < -0.3 is 5.32 Å². The maximum atomic E-state index is 13.6. The zero-order valence-electron chi connectivity index (χ0n) is 13.0. The summed E-state index contributed by atoms with van der Waals surface area (Å²) in [5.41, 5.74) is -0.460. The Kier molecular flexibility index (Phi) is 5.39. The molecule has 3 aromatic rings. The van der Waals surface area contributed by atoms with E-state index < -0.39 is 28.5 Å². The molecule has 0 spiro atoms. The maximum Gasteiger partial charge on any atom is 0.237 e. The van der Waals surface area contributed by atoms with E-state index >= 15 is 0 Å². The standard InChI is InChI=1S/C15H13F2N5OS2/c1-9(14(23)18-13-11(16)5-2-6-12(13)17)25-15-19-20-21-22(15)8-10-4-3-7-24-10/h2-7,9H,8H2,1H3,(H,18,23). The number of carbonyl (C=O) groups excluding carboxylic acids is 1. The van der Waals surface area contributed by atoms with Crippen molar-refractivity contribution in [2.45, 2.75) is 23.9 Å². The average molecular weight is 381 g/mol. The molecule has 0 bridgehead atoms. The van der Waals surface area contributed by atoms with Crippen LogP contribution in [-0.4, -0.2) is 31.4 Å². The highest BCUT2D eigenvalue weighted by molar-refractivity contribution is 8.00. The molecule has 0 radical (unpaired) electrons. The summed E-state index contributed by atoms with van der Waals surface area (Å²) in [7, 11) is 0. The monoisotopic (exact) mass is 381 g/mol. The summed E-state index contributed by atoms with van der Waals surface area (Å²) in [5, 5.41) is 15.5. The minimum atomic E-state index is -0.826. The first kappa shape index (κ1) is 17.5. The Bertz CT molecular complexity index is 848. The molecule has 130 valence electrons. The van der Waals surface area contributed by atoms with Crippen molar-refractivity contribution in [3.8, 4) is 0 Å². The molecule has 25 heavy (non-hydrogen) atoms. The fourth-order valence-corrected chi connectivity index (χ4v) is 3.46. The van der Waals surface area contributed by atoms with Gasteiger partial charge in [0, 0.05) is 4.88 Å². The van der Waals surface area contributed by atoms with Crippen LogP contribution in [0.25, 0.3) is 0 Å². The van der Waals surface area contributed by atoms with E-state index in [0.717, 1.165) is 28.8 Å². The second kappa shape index (κ2) is 7.70. The van der Waals surface area contributed by atoms with Crippen LogP contribution in [-0.2, 0) is 11.3 Å². The van der Waals surface area contributed by atoms with Gasteiger partial charge in [-0.25, -0.2) is 13.5 Å². The predicted molar refractivity (Wildman–Crippen MR) is 91.5 cm³/mol. The molecule has 1 amide bonds. The van der Waals surface area contributed by atoms with Gasteiger partial charge in [0.1, 0.15) is 17.3 Å². The maximum absolute atomic E-state index is 13.6. The summed E-state index contributed by atoms with van der Waals surface area (Å²) < 4.78 is 28.8. The summed E-state index contributed by atoms with van der Waals surface area (Å²) in [6, 6.07) is 7.28. The number of thiophene rings is 1. The van der Waals surface area contributed by atoms with Gasteiger partial charge in [-0.2, -0.15) is 0 Å². The molecule has 0 saturated heterocycles. The quantitative estimate of drug-likeness (QED) is 0.664. The van der Waals surface area contributed by atoms with E-state index in [9.17, 15) is 13.6 Å². The highest BCUT2D eigenvalue weighted by Crippen LogP contribution is 2.24. The van der Waals surface area contributed by atoms with Crippen LogP contribution in [0.5, 0.6) is 0 Å². The van der Waals surface area contributed by atoms with Crippen LogP contribution in [0.2, 0.25) is 0 Å². The Balaban J connectivity index is 1.67. The summed E-state index contributed by atoms with van der Waals surface area (Å²) >= 11 is 2.68. The number of anilines is 1. The topological polar surface area (TPSA) is 72.7 Å². The highest BCUT2D eigenvalue weighted by Gasteiger charge is 2.21. The molecular formula is C15H13F2N5OS2. The van der Waals surface area contributed by atoms with E-state index in [-0.39, 0.29) is 0 Å². The Morgan fingerprint density at radius 2 is 2.08 bits per heavy atom. The molecule has 2 aromatic heterocycles. The Morgan fingerprint density at radius 1 is 1.32 bits per heavy atom. The molecule has 6 nitrogen and oxygen atoms in total. The number of hydrogen-bond donors (Lipinski definition) is 1. The van der Waals surface area contributed by atoms with Crippen molar-refractivity contribution in [3.05, 3.63) is 52.2 Å². The fourth-order valence-electron chi connectivity index (χ4n) is 1.98. The molecule has 3 rings (SSSR count). The van der Waals surface area contributed by atoms with Gasteiger partial charge in [0.15, 0.2) is 0 Å². The van der Waals surface area contributed by atoms with Crippen molar-refractivity contribution in [2.24, 2.45) is 0 Å². The lowest BCUT2D eigenvalue weighted by Gasteiger charge is -2.12. The van der Waals surface area contributed by atoms with Crippen molar-refractivity contribution < 1.29 is 13.6 Å². The van der Waals surface area contributed by atoms with Crippen molar-refractivity contribution in [1.29, 1.82) is 0 Å². The molecule has 0 fully saturated rings. The van der Waals surface area contributed by atoms with Crippen LogP contribution in [0.4, 0.5) is 14.5 Å². The summed E-state index contributed by atoms with van der Waals surface area (Å²) in [5.74, 6) is -2.19. The number of halogens is 2. The first-order valence-corrected chi connectivity index (χ1v) is 9.00. The zero-order chi connectivity index (χ0) is 17.8. The van der Waals surface area contributed by atoms with Gasteiger partial charge in [-0.1, -0.05) is 23.9 Å². The number of para-hydroxylation sites is 1. The minimum absolute atomic E-state index is 0.449. The van der Waals surface area contributed by atoms with E-state index in [1.54, 1.807) is 22.9 Å². The van der Waals surface area contributed by atoms with Gasteiger partial charge >= 0.3 is 0 Å². The molecular weight excluding hydrogens is 368 g/mol. The number of carbonyl (C=O) groups is 1. The third kappa shape index (κ3) is 4.20. The van der Waals surface area contributed by atoms with E-state index in [1.807, 2.05) is 17.5 Å². The lowest BCUT2D eigenvalue weighted by Crippen LogP contribution is -2.24. The van der Waals surface area contributed by atoms with Crippen LogP contribution in [0, 0.1) is 11.6 Å². The van der Waals surface area contributed by atoms with Crippen LogP contribution >= 0.6 is 23.1 Å². The second-order valence-electron chi connectivity index (χ2n) is 5.04. The number of thioether (sulfide) groups is 1. The average Bonchev–Trinajstić information content (AvgIpc) is 3.24. The van der Waals surface area contributed by atoms with Crippen molar-refractivity contribution in [3.63, 3.8) is 0 Å². The third-order valence-corrected chi connectivity index (χ3v) is 5.18. The molecule has 1 unspecified atom stereocenters. The van der Waals surface area contributed by atoms with Crippen LogP contribution < -0.4 is 5.32 Å². The second-order valence-corrected chi connectivity index (χ2v) is 7.38. The first-order valence-electron chi connectivity index (χ1n) is 7.24. The molecule has 0 aliphatic heterocycles. The van der Waals surface area contributed by atoms with Crippen molar-refractivity contribution >= 4 is 34.7 Å². The summed E-state index contributed by atoms with van der Waals surface area (Å²) in [6.45, 7) is 2.10. The zero-order valence-corrected chi connectivity index (χ0v) is 14.7. The number of benzene rings is 1. The first-order chi connectivity index (χ1) is 12.0. The van der Waals surface area contributed by atoms with Crippen LogP contribution in [0.3, 0.4) is 0 Å². The number of tetrazole rings is 1. The van der Waals surface area contributed by atoms with Gasteiger partial charge in [0.25, 0.3) is 0 Å². The number of rotatable bonds is 6. The highest BCUT2D eigenvalue weighted by atomic mass is 32.2. The number of amides is 1. The van der Waals surface area contributed by atoms with Gasteiger partial charge in [-0.3, -0.25) is 4.79 Å². The Hall–Kier alpha value is -2.33. The van der Waals surface area contributed by atoms with E-state index in [2.05, 4.69) is 20.8 Å². The number of aromatic nitrogens is 4. The van der Waals surface area contributed by atoms with Crippen LogP contribution in [0.15, 0.2) is 40.9 Å². The molecule has 0 aliphatic rings. The lowest BCUT2D eigenvalue weighted by atomic mass is 10.3. The summed E-state index contributed by atoms with van der Waals surface area (Å²) in [4.78, 5) is 13.3. The molecule has 1 atom stereocenters. The van der Waals surface area contributed by atoms with Crippen molar-refractivity contribution in [2.75, 3.05) is 5.32 Å². The molecule has 0 aliphatic carbocycles. The van der Waals surface area contributed by atoms with Gasteiger partial charge in [0.05, 0.1) is 11.8 Å². The Labute approximate surface area is 150 Å². The smallest absolute Gasteiger partial charge is 0.237 e. The van der Waals surface area contributed by atoms with E-state index in [1.165, 1.54) is 6.07 Å².